The summed E-state index contributed by atoms with van der Waals surface area (Å²) in [5, 5.41) is 12.3. The van der Waals surface area contributed by atoms with Crippen LogP contribution in [0.2, 0.25) is 0 Å². The van der Waals surface area contributed by atoms with Crippen molar-refractivity contribution in [3.8, 4) is 11.8 Å². The van der Waals surface area contributed by atoms with Gasteiger partial charge in [0.05, 0.1) is 0 Å². The quantitative estimate of drug-likeness (QED) is 0.420. The zero-order valence-corrected chi connectivity index (χ0v) is 16.6. The Bertz CT molecular complexity index is 1120. The number of carbonyl (C=O) groups excluding carboxylic acids is 1. The maximum absolute atomic E-state index is 13.3. The minimum atomic E-state index is -0.468. The predicted octanol–water partition coefficient (Wildman–Crippen LogP) is 5.51. The van der Waals surface area contributed by atoms with Gasteiger partial charge in [-0.25, -0.2) is 4.39 Å². The molecule has 5 heteroatoms. The summed E-state index contributed by atoms with van der Waals surface area (Å²) in [6.45, 7) is 2.21. The third-order valence-corrected chi connectivity index (χ3v) is 4.48. The van der Waals surface area contributed by atoms with Crippen LogP contribution < -0.4 is 10.1 Å². The van der Waals surface area contributed by atoms with Crippen LogP contribution in [0.1, 0.15) is 23.6 Å². The van der Waals surface area contributed by atoms with E-state index in [1.807, 2.05) is 37.3 Å². The molecule has 150 valence electrons. The van der Waals surface area contributed by atoms with Gasteiger partial charge in [0.2, 0.25) is 0 Å². The summed E-state index contributed by atoms with van der Waals surface area (Å²) in [7, 11) is 0. The summed E-state index contributed by atoms with van der Waals surface area (Å²) in [5.74, 6) is -0.228. The number of nitrogens with one attached hydrogen (secondary N) is 1. The van der Waals surface area contributed by atoms with E-state index < -0.39 is 5.91 Å². The molecule has 0 aromatic heterocycles. The van der Waals surface area contributed by atoms with Crippen LogP contribution in [-0.2, 0) is 17.8 Å². The van der Waals surface area contributed by atoms with Crippen molar-refractivity contribution in [1.82, 2.24) is 0 Å². The molecule has 0 heterocycles. The van der Waals surface area contributed by atoms with Crippen LogP contribution in [-0.4, -0.2) is 5.91 Å². The molecule has 4 nitrogen and oxygen atoms in total. The van der Waals surface area contributed by atoms with Crippen LogP contribution in [0.3, 0.4) is 0 Å². The fourth-order valence-corrected chi connectivity index (χ4v) is 2.94. The molecule has 0 aliphatic heterocycles. The third-order valence-electron chi connectivity index (χ3n) is 4.48. The Morgan fingerprint density at radius 2 is 1.90 bits per heavy atom. The van der Waals surface area contributed by atoms with E-state index in [0.717, 1.165) is 12.0 Å². The lowest BCUT2D eigenvalue weighted by molar-refractivity contribution is -0.112. The fourth-order valence-electron chi connectivity index (χ4n) is 2.94. The fraction of sp³-hybridized carbons (Fsp3) is 0.120. The number of ether oxygens (including phenoxy) is 1. The Balaban J connectivity index is 1.73. The summed E-state index contributed by atoms with van der Waals surface area (Å²) in [4.78, 5) is 12.6. The maximum atomic E-state index is 13.3. The summed E-state index contributed by atoms with van der Waals surface area (Å²) < 4.78 is 19.0. The standard InChI is InChI=1S/C25H21FN2O2/c1-2-20-9-3-4-12-24(20)28-25(29)21(16-27)13-18-7-6-11-23(15-18)30-17-19-8-5-10-22(26)14-19/h3-15H,2,17H2,1H3,(H,28,29)/b21-13-. The lowest BCUT2D eigenvalue weighted by atomic mass is 10.1. The largest absolute Gasteiger partial charge is 0.489 e. The number of hydrogen-bond acceptors (Lipinski definition) is 3. The minimum Gasteiger partial charge on any atom is -0.489 e. The number of anilines is 1. The Hall–Kier alpha value is -3.91. The first kappa shape index (κ1) is 20.8. The van der Waals surface area contributed by atoms with Gasteiger partial charge in [-0.2, -0.15) is 5.26 Å². The average molecular weight is 400 g/mol. The minimum absolute atomic E-state index is 0.0109. The molecular formula is C25H21FN2O2. The molecule has 0 saturated heterocycles. The van der Waals surface area contributed by atoms with Gasteiger partial charge in [0.1, 0.15) is 29.8 Å². The van der Waals surface area contributed by atoms with Gasteiger partial charge < -0.3 is 10.1 Å². The Kier molecular flexibility index (Phi) is 6.96. The second-order valence-electron chi connectivity index (χ2n) is 6.63. The van der Waals surface area contributed by atoms with E-state index >= 15 is 0 Å². The highest BCUT2D eigenvalue weighted by Crippen LogP contribution is 2.20. The van der Waals surface area contributed by atoms with Crippen molar-refractivity contribution in [2.45, 2.75) is 20.0 Å². The van der Waals surface area contributed by atoms with Gasteiger partial charge >= 0.3 is 0 Å². The van der Waals surface area contributed by atoms with E-state index in [0.29, 0.717) is 22.6 Å². The first-order chi connectivity index (χ1) is 14.6. The van der Waals surface area contributed by atoms with E-state index in [2.05, 4.69) is 5.32 Å². The highest BCUT2D eigenvalue weighted by molar-refractivity contribution is 6.10. The molecular weight excluding hydrogens is 379 g/mol. The molecule has 0 spiro atoms. The number of rotatable bonds is 7. The Morgan fingerprint density at radius 1 is 1.10 bits per heavy atom. The smallest absolute Gasteiger partial charge is 0.266 e. The molecule has 3 aromatic rings. The number of amides is 1. The van der Waals surface area contributed by atoms with Crippen molar-refractivity contribution in [3.05, 3.63) is 101 Å². The normalized spacial score (nSPS) is 10.9. The molecule has 0 atom stereocenters. The van der Waals surface area contributed by atoms with Gasteiger partial charge in [0, 0.05) is 5.69 Å². The molecule has 1 amide bonds. The van der Waals surface area contributed by atoms with Crippen molar-refractivity contribution in [1.29, 1.82) is 5.26 Å². The predicted molar refractivity (Wildman–Crippen MR) is 115 cm³/mol. The molecule has 3 rings (SSSR count). The second-order valence-corrected chi connectivity index (χ2v) is 6.63. The summed E-state index contributed by atoms with van der Waals surface area (Å²) in [6, 6.07) is 22.7. The summed E-state index contributed by atoms with van der Waals surface area (Å²) >= 11 is 0. The Morgan fingerprint density at radius 3 is 2.67 bits per heavy atom. The number of nitrogens with zero attached hydrogens (tertiary/aromatic N) is 1. The topological polar surface area (TPSA) is 62.1 Å². The third kappa shape index (κ3) is 5.55. The number of para-hydroxylation sites is 1. The van der Waals surface area contributed by atoms with E-state index in [9.17, 15) is 14.4 Å². The molecule has 0 radical (unpaired) electrons. The van der Waals surface area contributed by atoms with E-state index in [4.69, 9.17) is 4.74 Å². The van der Waals surface area contributed by atoms with Gasteiger partial charge in [-0.1, -0.05) is 49.4 Å². The molecule has 0 unspecified atom stereocenters. The van der Waals surface area contributed by atoms with Crippen LogP contribution >= 0.6 is 0 Å². The number of hydrogen-bond donors (Lipinski definition) is 1. The summed E-state index contributed by atoms with van der Waals surface area (Å²) in [6.07, 6.45) is 2.28. The monoisotopic (exact) mass is 400 g/mol. The van der Waals surface area contributed by atoms with Crippen LogP contribution in [0.5, 0.6) is 5.75 Å². The number of carbonyl (C=O) groups is 1. The molecule has 0 aliphatic carbocycles. The van der Waals surface area contributed by atoms with E-state index in [1.165, 1.54) is 18.2 Å². The molecule has 0 aliphatic rings. The number of nitriles is 1. The molecule has 0 bridgehead atoms. The molecule has 30 heavy (non-hydrogen) atoms. The average Bonchev–Trinajstić information content (AvgIpc) is 2.76. The van der Waals surface area contributed by atoms with Gasteiger partial charge in [-0.15, -0.1) is 0 Å². The number of halogens is 1. The van der Waals surface area contributed by atoms with Crippen molar-refractivity contribution in [2.24, 2.45) is 0 Å². The molecule has 0 fully saturated rings. The zero-order valence-electron chi connectivity index (χ0n) is 16.6. The lowest BCUT2D eigenvalue weighted by Crippen LogP contribution is -2.14. The van der Waals surface area contributed by atoms with Crippen molar-refractivity contribution in [3.63, 3.8) is 0 Å². The molecule has 3 aromatic carbocycles. The highest BCUT2D eigenvalue weighted by atomic mass is 19.1. The maximum Gasteiger partial charge on any atom is 0.266 e. The van der Waals surface area contributed by atoms with Gasteiger partial charge in [0.15, 0.2) is 0 Å². The second kappa shape index (κ2) is 10.0. The Labute approximate surface area is 175 Å². The molecule has 1 N–H and O–H groups in total. The number of aryl methyl sites for hydroxylation is 1. The van der Waals surface area contributed by atoms with Gasteiger partial charge in [0.25, 0.3) is 5.91 Å². The summed E-state index contributed by atoms with van der Waals surface area (Å²) in [5.41, 5.74) is 3.04. The number of benzene rings is 3. The van der Waals surface area contributed by atoms with E-state index in [1.54, 1.807) is 36.4 Å². The van der Waals surface area contributed by atoms with Crippen molar-refractivity contribution >= 4 is 17.7 Å². The van der Waals surface area contributed by atoms with Gasteiger partial charge in [-0.3, -0.25) is 4.79 Å². The van der Waals surface area contributed by atoms with Crippen LogP contribution in [0.15, 0.2) is 78.4 Å². The lowest BCUT2D eigenvalue weighted by Gasteiger charge is -2.09. The first-order valence-electron chi connectivity index (χ1n) is 9.57. The first-order valence-corrected chi connectivity index (χ1v) is 9.57. The van der Waals surface area contributed by atoms with Gasteiger partial charge in [-0.05, 0) is 59.5 Å². The van der Waals surface area contributed by atoms with Crippen LogP contribution in [0.25, 0.3) is 6.08 Å². The van der Waals surface area contributed by atoms with Crippen LogP contribution in [0.4, 0.5) is 10.1 Å². The van der Waals surface area contributed by atoms with Crippen molar-refractivity contribution in [2.75, 3.05) is 5.32 Å². The molecule has 0 saturated carbocycles. The van der Waals surface area contributed by atoms with Crippen LogP contribution in [0, 0.1) is 17.1 Å². The zero-order chi connectivity index (χ0) is 21.3. The highest BCUT2D eigenvalue weighted by Gasteiger charge is 2.11. The SMILES string of the molecule is CCc1ccccc1NC(=O)/C(C#N)=C\c1cccc(OCc2cccc(F)c2)c1. The van der Waals surface area contributed by atoms with E-state index in [-0.39, 0.29) is 18.0 Å². The van der Waals surface area contributed by atoms with Crippen molar-refractivity contribution < 1.29 is 13.9 Å².